The number of likely N-dealkylation sites (tertiary alicyclic amines) is 1. The predicted molar refractivity (Wildman–Crippen MR) is 145 cm³/mol. The fraction of sp³-hybridized carbons (Fsp3) is 0.129. The Hall–Kier alpha value is -4.42. The quantitative estimate of drug-likeness (QED) is 0.176. The molecule has 1 saturated heterocycles. The SMILES string of the molecule is Cc1ccccc1COc1ccc(/C(O)=C2\C(=O)C(=O)N(Cc3ccncc3)C2c2ccc(Cl)cc2)cc1. The van der Waals surface area contributed by atoms with E-state index in [-0.39, 0.29) is 17.9 Å². The van der Waals surface area contributed by atoms with E-state index in [1.165, 1.54) is 4.90 Å². The maximum Gasteiger partial charge on any atom is 0.295 e. The zero-order valence-corrected chi connectivity index (χ0v) is 21.4. The number of hydrogen-bond acceptors (Lipinski definition) is 5. The first-order chi connectivity index (χ1) is 18.4. The van der Waals surface area contributed by atoms with Crippen molar-refractivity contribution in [2.75, 3.05) is 0 Å². The molecule has 4 aromatic rings. The van der Waals surface area contributed by atoms with Crippen LogP contribution >= 0.6 is 11.6 Å². The first-order valence-electron chi connectivity index (χ1n) is 12.1. The summed E-state index contributed by atoms with van der Waals surface area (Å²) in [6.45, 7) is 2.62. The molecule has 1 aromatic heterocycles. The van der Waals surface area contributed by atoms with Crippen molar-refractivity contribution in [3.8, 4) is 5.75 Å². The number of pyridine rings is 1. The zero-order chi connectivity index (χ0) is 26.6. The average Bonchev–Trinajstić information content (AvgIpc) is 3.18. The molecule has 1 aliphatic heterocycles. The summed E-state index contributed by atoms with van der Waals surface area (Å²) >= 11 is 6.10. The number of Topliss-reactive ketones (excluding diaryl/α,β-unsaturated/α-hetero) is 1. The Balaban J connectivity index is 1.47. The maximum atomic E-state index is 13.3. The van der Waals surface area contributed by atoms with Crippen LogP contribution in [0.1, 0.15) is 33.9 Å². The van der Waals surface area contributed by atoms with E-state index in [1.54, 1.807) is 73.1 Å². The molecule has 0 radical (unpaired) electrons. The lowest BCUT2D eigenvalue weighted by Gasteiger charge is -2.25. The minimum atomic E-state index is -0.780. The Morgan fingerprint density at radius 2 is 1.63 bits per heavy atom. The van der Waals surface area contributed by atoms with Gasteiger partial charge in [-0.25, -0.2) is 0 Å². The van der Waals surface area contributed by atoms with Gasteiger partial charge in [-0.2, -0.15) is 0 Å². The minimum Gasteiger partial charge on any atom is -0.507 e. The highest BCUT2D eigenvalue weighted by molar-refractivity contribution is 6.46. The highest BCUT2D eigenvalue weighted by Gasteiger charge is 2.46. The number of ketones is 1. The van der Waals surface area contributed by atoms with Gasteiger partial charge >= 0.3 is 0 Å². The molecule has 0 saturated carbocycles. The molecule has 1 unspecified atom stereocenters. The number of aryl methyl sites for hydroxylation is 1. The van der Waals surface area contributed by atoms with Gasteiger partial charge in [0.05, 0.1) is 11.6 Å². The molecule has 1 aliphatic rings. The molecule has 0 spiro atoms. The molecular weight excluding hydrogens is 500 g/mol. The average molecular weight is 525 g/mol. The molecule has 5 rings (SSSR count). The Bertz CT molecular complexity index is 1500. The Morgan fingerprint density at radius 3 is 2.32 bits per heavy atom. The van der Waals surface area contributed by atoms with Crippen molar-refractivity contribution >= 4 is 29.1 Å². The smallest absolute Gasteiger partial charge is 0.295 e. The number of hydrogen-bond donors (Lipinski definition) is 1. The molecule has 1 atom stereocenters. The molecule has 190 valence electrons. The van der Waals surface area contributed by atoms with E-state index in [0.717, 1.165) is 16.7 Å². The Morgan fingerprint density at radius 1 is 0.947 bits per heavy atom. The highest BCUT2D eigenvalue weighted by Crippen LogP contribution is 2.40. The van der Waals surface area contributed by atoms with Crippen LogP contribution in [0.5, 0.6) is 5.75 Å². The van der Waals surface area contributed by atoms with Crippen molar-refractivity contribution in [3.05, 3.63) is 136 Å². The first-order valence-corrected chi connectivity index (χ1v) is 12.5. The van der Waals surface area contributed by atoms with Crippen LogP contribution in [-0.4, -0.2) is 26.7 Å². The summed E-state index contributed by atoms with van der Waals surface area (Å²) in [5, 5.41) is 11.8. The van der Waals surface area contributed by atoms with Gasteiger partial charge in [0.2, 0.25) is 0 Å². The van der Waals surface area contributed by atoms with Crippen molar-refractivity contribution in [1.29, 1.82) is 0 Å². The van der Waals surface area contributed by atoms with Crippen LogP contribution in [0.15, 0.2) is 103 Å². The van der Waals surface area contributed by atoms with Crippen LogP contribution in [0.3, 0.4) is 0 Å². The lowest BCUT2D eigenvalue weighted by atomic mass is 9.95. The molecule has 3 aromatic carbocycles. The van der Waals surface area contributed by atoms with Crippen molar-refractivity contribution in [3.63, 3.8) is 0 Å². The van der Waals surface area contributed by atoms with Crippen LogP contribution in [0, 0.1) is 6.92 Å². The fourth-order valence-corrected chi connectivity index (χ4v) is 4.64. The Labute approximate surface area is 225 Å². The number of halogens is 1. The first kappa shape index (κ1) is 25.2. The highest BCUT2D eigenvalue weighted by atomic mass is 35.5. The van der Waals surface area contributed by atoms with Crippen LogP contribution in [0.25, 0.3) is 5.76 Å². The third kappa shape index (κ3) is 5.17. The van der Waals surface area contributed by atoms with Gasteiger partial charge in [0.25, 0.3) is 11.7 Å². The number of benzene rings is 3. The van der Waals surface area contributed by atoms with Gasteiger partial charge in [0, 0.05) is 29.5 Å². The van der Waals surface area contributed by atoms with Gasteiger partial charge in [-0.3, -0.25) is 14.6 Å². The number of nitrogens with zero attached hydrogens (tertiary/aromatic N) is 2. The van der Waals surface area contributed by atoms with E-state index in [0.29, 0.717) is 28.5 Å². The molecule has 1 fully saturated rings. The third-order valence-corrected chi connectivity index (χ3v) is 6.86. The van der Waals surface area contributed by atoms with Crippen molar-refractivity contribution < 1.29 is 19.4 Å². The molecule has 0 aliphatic carbocycles. The van der Waals surface area contributed by atoms with Crippen LogP contribution in [0.4, 0.5) is 0 Å². The largest absolute Gasteiger partial charge is 0.507 e. The molecule has 38 heavy (non-hydrogen) atoms. The summed E-state index contributed by atoms with van der Waals surface area (Å²) in [4.78, 5) is 31.9. The summed E-state index contributed by atoms with van der Waals surface area (Å²) in [5.74, 6) is -1.04. The van der Waals surface area contributed by atoms with Gasteiger partial charge in [-0.15, -0.1) is 0 Å². The molecule has 2 heterocycles. The van der Waals surface area contributed by atoms with Crippen LogP contribution in [0.2, 0.25) is 5.02 Å². The normalized spacial score (nSPS) is 16.6. The molecule has 0 bridgehead atoms. The van der Waals surface area contributed by atoms with E-state index < -0.39 is 17.7 Å². The molecule has 1 N–H and O–H groups in total. The van der Waals surface area contributed by atoms with E-state index in [4.69, 9.17) is 16.3 Å². The summed E-state index contributed by atoms with van der Waals surface area (Å²) in [7, 11) is 0. The molecule has 6 nitrogen and oxygen atoms in total. The summed E-state index contributed by atoms with van der Waals surface area (Å²) in [5.41, 5.74) is 4.14. The second-order valence-corrected chi connectivity index (χ2v) is 9.51. The topological polar surface area (TPSA) is 79.7 Å². The lowest BCUT2D eigenvalue weighted by Crippen LogP contribution is -2.29. The standard InChI is InChI=1S/C31H25ClN2O4/c1-20-4-2-3-5-24(20)19-38-26-12-8-23(9-13-26)29(35)27-28(22-6-10-25(32)11-7-22)34(31(37)30(27)36)18-21-14-16-33-17-15-21/h2-17,28,35H,18-19H2,1H3/b29-27+. The van der Waals surface area contributed by atoms with Gasteiger partial charge in [-0.1, -0.05) is 48.0 Å². The molecule has 7 heteroatoms. The monoisotopic (exact) mass is 524 g/mol. The number of carbonyl (C=O) groups excluding carboxylic acids is 2. The maximum absolute atomic E-state index is 13.3. The number of carbonyl (C=O) groups is 2. The van der Waals surface area contributed by atoms with Crippen molar-refractivity contribution in [2.45, 2.75) is 26.1 Å². The van der Waals surface area contributed by atoms with Crippen molar-refractivity contribution in [2.24, 2.45) is 0 Å². The fourth-order valence-electron chi connectivity index (χ4n) is 4.52. The van der Waals surface area contributed by atoms with Crippen LogP contribution < -0.4 is 4.74 Å². The summed E-state index contributed by atoms with van der Waals surface area (Å²) < 4.78 is 5.91. The second-order valence-electron chi connectivity index (χ2n) is 9.07. The zero-order valence-electron chi connectivity index (χ0n) is 20.7. The lowest BCUT2D eigenvalue weighted by molar-refractivity contribution is -0.140. The Kier molecular flexibility index (Phi) is 7.24. The van der Waals surface area contributed by atoms with Gasteiger partial charge in [-0.05, 0) is 77.7 Å². The van der Waals surface area contributed by atoms with E-state index in [9.17, 15) is 14.7 Å². The van der Waals surface area contributed by atoms with Gasteiger partial charge < -0.3 is 14.7 Å². The van der Waals surface area contributed by atoms with E-state index in [2.05, 4.69) is 4.98 Å². The van der Waals surface area contributed by atoms with E-state index in [1.807, 2.05) is 31.2 Å². The number of amides is 1. The predicted octanol–water partition coefficient (Wildman–Crippen LogP) is 6.24. The van der Waals surface area contributed by atoms with Crippen LogP contribution in [-0.2, 0) is 22.7 Å². The number of aliphatic hydroxyl groups excluding tert-OH is 1. The second kappa shape index (κ2) is 10.9. The van der Waals surface area contributed by atoms with Gasteiger partial charge in [0.15, 0.2) is 0 Å². The molecule has 1 amide bonds. The molecular formula is C31H25ClN2O4. The van der Waals surface area contributed by atoms with Crippen molar-refractivity contribution in [1.82, 2.24) is 9.88 Å². The summed E-state index contributed by atoms with van der Waals surface area (Å²) in [6, 6.07) is 24.5. The third-order valence-electron chi connectivity index (χ3n) is 6.61. The summed E-state index contributed by atoms with van der Waals surface area (Å²) in [6.07, 6.45) is 3.26. The number of aromatic nitrogens is 1. The number of aliphatic hydroxyl groups is 1. The minimum absolute atomic E-state index is 0.0277. The van der Waals surface area contributed by atoms with E-state index >= 15 is 0 Å². The number of rotatable bonds is 7. The van der Waals surface area contributed by atoms with Gasteiger partial charge in [0.1, 0.15) is 18.1 Å². The number of ether oxygens (including phenoxy) is 1.